The van der Waals surface area contributed by atoms with Gasteiger partial charge in [-0.25, -0.2) is 0 Å². The molecule has 2 aromatic carbocycles. The number of halogens is 2. The lowest BCUT2D eigenvalue weighted by molar-refractivity contribution is -0.0703. The van der Waals surface area contributed by atoms with E-state index in [1.165, 1.54) is 0 Å². The second-order valence-electron chi connectivity index (χ2n) is 7.21. The van der Waals surface area contributed by atoms with E-state index in [2.05, 4.69) is 26.7 Å². The topological polar surface area (TPSA) is 35.9 Å². The highest BCUT2D eigenvalue weighted by atomic mass is 19.3. The van der Waals surface area contributed by atoms with Gasteiger partial charge in [0, 0.05) is 19.6 Å². The summed E-state index contributed by atoms with van der Waals surface area (Å²) in [5.41, 5.74) is 1.71. The Kier molecular flexibility index (Phi) is 6.09. The van der Waals surface area contributed by atoms with Gasteiger partial charge in [-0.2, -0.15) is 8.78 Å². The quantitative estimate of drug-likeness (QED) is 0.839. The molecule has 1 N–H and O–H groups in total. The van der Waals surface area contributed by atoms with Gasteiger partial charge in [0.15, 0.2) is 0 Å². The molecule has 27 heavy (non-hydrogen) atoms. The first-order valence-corrected chi connectivity index (χ1v) is 9.09. The summed E-state index contributed by atoms with van der Waals surface area (Å²) in [7, 11) is 4.02. The Labute approximate surface area is 159 Å². The minimum absolute atomic E-state index is 0.156. The Morgan fingerprint density at radius 1 is 1.15 bits per heavy atom. The maximum Gasteiger partial charge on any atom is 0.387 e. The maximum absolute atomic E-state index is 12.3. The van der Waals surface area contributed by atoms with Crippen molar-refractivity contribution in [1.82, 2.24) is 9.80 Å². The molecule has 1 aliphatic heterocycles. The molecule has 0 radical (unpaired) electrons. The van der Waals surface area contributed by atoms with Crippen molar-refractivity contribution in [3.63, 3.8) is 0 Å². The summed E-state index contributed by atoms with van der Waals surface area (Å²) < 4.78 is 28.9. The second-order valence-corrected chi connectivity index (χ2v) is 7.21. The first-order valence-electron chi connectivity index (χ1n) is 9.09. The van der Waals surface area contributed by atoms with Crippen molar-refractivity contribution in [2.45, 2.75) is 31.2 Å². The third kappa shape index (κ3) is 4.29. The predicted molar refractivity (Wildman–Crippen MR) is 101 cm³/mol. The minimum Gasteiger partial charge on any atom is -0.435 e. The summed E-state index contributed by atoms with van der Waals surface area (Å²) in [5, 5.41) is 11.0. The van der Waals surface area contributed by atoms with E-state index < -0.39 is 18.3 Å². The number of ether oxygens (including phenoxy) is 1. The highest BCUT2D eigenvalue weighted by Gasteiger charge is 2.45. The molecule has 146 valence electrons. The van der Waals surface area contributed by atoms with Crippen molar-refractivity contribution < 1.29 is 18.6 Å². The summed E-state index contributed by atoms with van der Waals surface area (Å²) in [6.45, 7) is -0.781. The molecule has 1 fully saturated rings. The van der Waals surface area contributed by atoms with Gasteiger partial charge >= 0.3 is 6.61 Å². The van der Waals surface area contributed by atoms with E-state index in [-0.39, 0.29) is 5.75 Å². The number of likely N-dealkylation sites (N-methyl/N-ethyl adjacent to an activating group) is 1. The average molecular weight is 376 g/mol. The van der Waals surface area contributed by atoms with Crippen LogP contribution in [0.5, 0.6) is 5.75 Å². The molecule has 0 bridgehead atoms. The summed E-state index contributed by atoms with van der Waals surface area (Å²) >= 11 is 0. The lowest BCUT2D eigenvalue weighted by atomic mass is 9.77. The molecule has 3 rings (SSSR count). The fraction of sp³-hybridized carbons (Fsp3) is 0.429. The highest BCUT2D eigenvalue weighted by Crippen LogP contribution is 2.38. The average Bonchev–Trinajstić information content (AvgIpc) is 2.64. The van der Waals surface area contributed by atoms with Crippen LogP contribution >= 0.6 is 0 Å². The van der Waals surface area contributed by atoms with E-state index in [4.69, 9.17) is 0 Å². The molecule has 2 atom stereocenters. The fourth-order valence-corrected chi connectivity index (χ4v) is 4.00. The second kappa shape index (κ2) is 8.33. The number of alkyl halides is 2. The van der Waals surface area contributed by atoms with Gasteiger partial charge in [-0.15, -0.1) is 0 Å². The Hall–Kier alpha value is -2.02. The van der Waals surface area contributed by atoms with Crippen LogP contribution in [0.25, 0.3) is 0 Å². The molecule has 1 saturated heterocycles. The number of piperidine rings is 1. The summed E-state index contributed by atoms with van der Waals surface area (Å²) in [6.07, 6.45) is 0.266. The molecule has 1 aliphatic rings. The normalized spacial score (nSPS) is 23.7. The Morgan fingerprint density at radius 3 is 2.37 bits per heavy atom. The lowest BCUT2D eigenvalue weighted by Crippen LogP contribution is -2.59. The number of nitrogens with zero attached hydrogens (tertiary/aromatic N) is 2. The molecule has 0 spiro atoms. The van der Waals surface area contributed by atoms with Gasteiger partial charge in [0.1, 0.15) is 5.75 Å². The third-order valence-electron chi connectivity index (χ3n) is 5.42. The van der Waals surface area contributed by atoms with Crippen LogP contribution < -0.4 is 4.74 Å². The molecular formula is C21H26F2N2O2. The van der Waals surface area contributed by atoms with Gasteiger partial charge in [-0.3, -0.25) is 9.80 Å². The number of hydrogen-bond donors (Lipinski definition) is 1. The largest absolute Gasteiger partial charge is 0.435 e. The van der Waals surface area contributed by atoms with Gasteiger partial charge in [-0.1, -0.05) is 42.5 Å². The lowest BCUT2D eigenvalue weighted by Gasteiger charge is -2.50. The zero-order valence-electron chi connectivity index (χ0n) is 15.7. The molecule has 0 aliphatic carbocycles. The van der Waals surface area contributed by atoms with E-state index in [0.717, 1.165) is 24.1 Å². The molecule has 0 saturated carbocycles. The van der Waals surface area contributed by atoms with Crippen LogP contribution in [0.2, 0.25) is 0 Å². The van der Waals surface area contributed by atoms with Crippen LogP contribution in [0.4, 0.5) is 8.78 Å². The van der Waals surface area contributed by atoms with Crippen molar-refractivity contribution in [2.24, 2.45) is 0 Å². The van der Waals surface area contributed by atoms with Gasteiger partial charge in [0.05, 0.1) is 11.6 Å². The number of rotatable bonds is 6. The fourth-order valence-electron chi connectivity index (χ4n) is 4.00. The Bertz CT molecular complexity index is 725. The van der Waals surface area contributed by atoms with E-state index in [1.54, 1.807) is 24.3 Å². The van der Waals surface area contributed by atoms with Crippen molar-refractivity contribution >= 4 is 0 Å². The molecule has 0 unspecified atom stereocenters. The number of hydrogen-bond acceptors (Lipinski definition) is 4. The first kappa shape index (κ1) is 19.7. The molecule has 0 amide bonds. The maximum atomic E-state index is 12.3. The summed E-state index contributed by atoms with van der Waals surface area (Å²) in [5.74, 6) is 0.156. The van der Waals surface area contributed by atoms with Gasteiger partial charge in [0.25, 0.3) is 0 Å². The number of aliphatic hydroxyl groups excluding tert-OH is 1. The van der Waals surface area contributed by atoms with Crippen LogP contribution in [0.3, 0.4) is 0 Å². The van der Waals surface area contributed by atoms with Crippen LogP contribution in [0.1, 0.15) is 17.5 Å². The Balaban J connectivity index is 1.69. The van der Waals surface area contributed by atoms with Crippen LogP contribution in [0, 0.1) is 0 Å². The molecule has 4 nitrogen and oxygen atoms in total. The van der Waals surface area contributed by atoms with Crippen molar-refractivity contribution in [2.75, 3.05) is 27.2 Å². The Morgan fingerprint density at radius 2 is 1.81 bits per heavy atom. The molecule has 6 heteroatoms. The van der Waals surface area contributed by atoms with Crippen LogP contribution in [0.15, 0.2) is 54.6 Å². The number of benzene rings is 2. The van der Waals surface area contributed by atoms with E-state index in [1.807, 2.05) is 32.3 Å². The van der Waals surface area contributed by atoms with Gasteiger partial charge in [-0.05, 0) is 43.8 Å². The smallest absolute Gasteiger partial charge is 0.387 e. The van der Waals surface area contributed by atoms with Gasteiger partial charge < -0.3 is 9.84 Å². The summed E-state index contributed by atoms with van der Waals surface area (Å²) in [6, 6.07) is 16.8. The van der Waals surface area contributed by atoms with Crippen molar-refractivity contribution in [3.8, 4) is 5.75 Å². The number of aliphatic hydroxyl groups is 1. The standard InChI is InChI=1S/C21H26F2N2O2/c1-24(2)21(17-6-4-3-5-7-17)12-13-25(15-19(21)26)14-16-8-10-18(11-9-16)27-20(22)23/h3-11,19-20,26H,12-15H2,1-2H3/t19-,21+/m1/s1. The minimum atomic E-state index is -2.81. The highest BCUT2D eigenvalue weighted by molar-refractivity contribution is 5.29. The molecule has 0 aromatic heterocycles. The van der Waals surface area contributed by atoms with Crippen LogP contribution in [-0.4, -0.2) is 54.8 Å². The SMILES string of the molecule is CN(C)[C@]1(c2ccccc2)CCN(Cc2ccc(OC(F)F)cc2)C[C@H]1O. The first-order chi connectivity index (χ1) is 12.9. The predicted octanol–water partition coefficient (Wildman–Crippen LogP) is 3.31. The van der Waals surface area contributed by atoms with Crippen molar-refractivity contribution in [1.29, 1.82) is 0 Å². The zero-order valence-corrected chi connectivity index (χ0v) is 15.7. The molecule has 2 aromatic rings. The molecule has 1 heterocycles. The van der Waals surface area contributed by atoms with Crippen molar-refractivity contribution in [3.05, 3.63) is 65.7 Å². The zero-order chi connectivity index (χ0) is 19.4. The van der Waals surface area contributed by atoms with E-state index in [0.29, 0.717) is 13.1 Å². The van der Waals surface area contributed by atoms with E-state index in [9.17, 15) is 13.9 Å². The number of β-amino-alcohol motifs (C(OH)–C–C–N with tert-alkyl or cyclic N) is 1. The van der Waals surface area contributed by atoms with Gasteiger partial charge in [0.2, 0.25) is 0 Å². The van der Waals surface area contributed by atoms with E-state index >= 15 is 0 Å². The third-order valence-corrected chi connectivity index (χ3v) is 5.42. The number of likely N-dealkylation sites (tertiary alicyclic amines) is 1. The van der Waals surface area contributed by atoms with Crippen LogP contribution in [-0.2, 0) is 12.1 Å². The monoisotopic (exact) mass is 376 g/mol. The summed E-state index contributed by atoms with van der Waals surface area (Å²) in [4.78, 5) is 4.30. The molecular weight excluding hydrogens is 350 g/mol.